The van der Waals surface area contributed by atoms with Gasteiger partial charge >= 0.3 is 0 Å². The Morgan fingerprint density at radius 3 is 2.40 bits per heavy atom. The first-order chi connectivity index (χ1) is 14.3. The number of benzene rings is 1. The van der Waals surface area contributed by atoms with Crippen LogP contribution in [-0.4, -0.2) is 59.6 Å². The molecule has 30 heavy (non-hydrogen) atoms. The van der Waals surface area contributed by atoms with Gasteiger partial charge in [0.25, 0.3) is 5.91 Å². The van der Waals surface area contributed by atoms with Crippen LogP contribution >= 0.6 is 0 Å². The zero-order valence-corrected chi connectivity index (χ0v) is 18.0. The number of anilines is 1. The van der Waals surface area contributed by atoms with Crippen LogP contribution in [0.5, 0.6) is 0 Å². The highest BCUT2D eigenvalue weighted by Gasteiger charge is 2.56. The highest BCUT2D eigenvalue weighted by atomic mass is 16.3. The monoisotopic (exact) mass is 411 g/mol. The molecule has 1 aromatic rings. The summed E-state index contributed by atoms with van der Waals surface area (Å²) in [6.45, 7) is 3.28. The molecule has 162 valence electrons. The van der Waals surface area contributed by atoms with Crippen molar-refractivity contribution in [3.05, 3.63) is 29.8 Å². The largest absolute Gasteiger partial charge is 0.390 e. The van der Waals surface area contributed by atoms with Crippen LogP contribution in [0.3, 0.4) is 0 Å². The van der Waals surface area contributed by atoms with Crippen molar-refractivity contribution < 1.29 is 14.7 Å². The maximum Gasteiger partial charge on any atom is 0.253 e. The number of hydrogen-bond donors (Lipinski definition) is 2. The van der Waals surface area contributed by atoms with Gasteiger partial charge in [0.2, 0.25) is 5.91 Å². The van der Waals surface area contributed by atoms with Crippen molar-refractivity contribution >= 4 is 17.5 Å². The molecule has 6 heteroatoms. The van der Waals surface area contributed by atoms with Crippen LogP contribution in [0.15, 0.2) is 24.3 Å². The second-order valence-electron chi connectivity index (χ2n) is 10.3. The summed E-state index contributed by atoms with van der Waals surface area (Å²) < 4.78 is 0. The van der Waals surface area contributed by atoms with Crippen LogP contribution in [0.4, 0.5) is 5.69 Å². The van der Waals surface area contributed by atoms with Crippen molar-refractivity contribution in [2.45, 2.75) is 63.1 Å². The summed E-state index contributed by atoms with van der Waals surface area (Å²) in [5, 5.41) is 13.8. The minimum Gasteiger partial charge on any atom is -0.390 e. The van der Waals surface area contributed by atoms with Crippen molar-refractivity contribution in [1.82, 2.24) is 10.2 Å². The Morgan fingerprint density at radius 1 is 1.13 bits per heavy atom. The van der Waals surface area contributed by atoms with E-state index in [0.29, 0.717) is 17.8 Å². The van der Waals surface area contributed by atoms with Gasteiger partial charge in [0, 0.05) is 50.4 Å². The number of carbonyl (C=O) groups is 2. The van der Waals surface area contributed by atoms with Crippen molar-refractivity contribution in [3.63, 3.8) is 0 Å². The van der Waals surface area contributed by atoms with E-state index in [1.54, 1.807) is 6.92 Å². The number of hydrogen-bond acceptors (Lipinski definition) is 4. The maximum atomic E-state index is 13.3. The molecule has 3 unspecified atom stereocenters. The number of aliphatic hydroxyl groups is 1. The predicted octanol–water partition coefficient (Wildman–Crippen LogP) is 2.41. The Morgan fingerprint density at radius 2 is 1.80 bits per heavy atom. The number of amides is 2. The third-order valence-electron chi connectivity index (χ3n) is 8.03. The van der Waals surface area contributed by atoms with Crippen LogP contribution in [0.1, 0.15) is 55.8 Å². The van der Waals surface area contributed by atoms with E-state index in [1.165, 1.54) is 0 Å². The average Bonchev–Trinajstić information content (AvgIpc) is 3.13. The van der Waals surface area contributed by atoms with E-state index in [1.807, 2.05) is 36.2 Å². The number of carbonyl (C=O) groups excluding carboxylic acids is 2. The molecule has 3 atom stereocenters. The molecule has 1 heterocycles. The highest BCUT2D eigenvalue weighted by Crippen LogP contribution is 2.56. The fraction of sp³-hybridized carbons (Fsp3) is 0.667. The minimum atomic E-state index is -0.469. The molecule has 0 radical (unpaired) electrons. The van der Waals surface area contributed by atoms with E-state index in [9.17, 15) is 14.7 Å². The molecule has 2 N–H and O–H groups in total. The smallest absolute Gasteiger partial charge is 0.253 e. The van der Waals surface area contributed by atoms with E-state index in [2.05, 4.69) is 10.2 Å². The van der Waals surface area contributed by atoms with Gasteiger partial charge in [0.15, 0.2) is 0 Å². The predicted molar refractivity (Wildman–Crippen MR) is 115 cm³/mol. The Kier molecular flexibility index (Phi) is 4.80. The van der Waals surface area contributed by atoms with Crippen molar-refractivity contribution in [3.8, 4) is 0 Å². The molecule has 0 spiro atoms. The first-order valence-electron chi connectivity index (χ1n) is 11.4. The lowest BCUT2D eigenvalue weighted by atomic mass is 9.52. The summed E-state index contributed by atoms with van der Waals surface area (Å²) >= 11 is 0. The van der Waals surface area contributed by atoms with Gasteiger partial charge in [-0.05, 0) is 80.5 Å². The molecule has 1 aromatic carbocycles. The normalized spacial score (nSPS) is 36.8. The quantitative estimate of drug-likeness (QED) is 0.798. The fourth-order valence-electron chi connectivity index (χ4n) is 7.14. The second-order valence-corrected chi connectivity index (χ2v) is 10.3. The van der Waals surface area contributed by atoms with Crippen LogP contribution in [0.2, 0.25) is 0 Å². The van der Waals surface area contributed by atoms with Crippen LogP contribution in [0, 0.1) is 17.8 Å². The number of nitrogens with one attached hydrogen (secondary N) is 1. The SMILES string of the molecule is CC(=O)NC1CCN(c2ccc(C(=O)N(C)C3C4CC5CC3CC(O)(C5)C4)cc2)C1. The molecule has 4 bridgehead atoms. The topological polar surface area (TPSA) is 72.9 Å². The molecular weight excluding hydrogens is 378 g/mol. The Labute approximate surface area is 178 Å². The highest BCUT2D eigenvalue weighted by molar-refractivity contribution is 5.94. The molecule has 2 amide bonds. The summed E-state index contributed by atoms with van der Waals surface area (Å²) in [5.74, 6) is 1.62. The zero-order valence-electron chi connectivity index (χ0n) is 18.0. The van der Waals surface area contributed by atoms with Crippen LogP contribution in [0.25, 0.3) is 0 Å². The van der Waals surface area contributed by atoms with Gasteiger partial charge in [-0.25, -0.2) is 0 Å². The third kappa shape index (κ3) is 3.49. The molecule has 5 fully saturated rings. The van der Waals surface area contributed by atoms with Crippen LogP contribution in [-0.2, 0) is 4.79 Å². The van der Waals surface area contributed by atoms with E-state index in [0.717, 1.165) is 62.9 Å². The van der Waals surface area contributed by atoms with Gasteiger partial charge in [-0.1, -0.05) is 0 Å². The maximum absolute atomic E-state index is 13.3. The first-order valence-corrected chi connectivity index (χ1v) is 11.4. The van der Waals surface area contributed by atoms with E-state index < -0.39 is 5.60 Å². The van der Waals surface area contributed by atoms with E-state index >= 15 is 0 Å². The minimum absolute atomic E-state index is 0.0164. The standard InChI is InChI=1S/C24H33N3O3/c1-15(28)25-20-7-8-27(14-20)21-5-3-17(4-6-21)23(29)26(2)22-18-9-16-10-19(22)13-24(30,11-16)12-18/h3-6,16,18-20,22,30H,7-14H2,1-2H3,(H,25,28). The molecule has 1 saturated heterocycles. The van der Waals surface area contributed by atoms with Gasteiger partial charge in [-0.2, -0.15) is 0 Å². The van der Waals surface area contributed by atoms with E-state index in [4.69, 9.17) is 0 Å². The second kappa shape index (κ2) is 7.26. The summed E-state index contributed by atoms with van der Waals surface area (Å²) in [6, 6.07) is 8.37. The molecule has 1 aliphatic heterocycles. The van der Waals surface area contributed by atoms with Crippen molar-refractivity contribution in [2.24, 2.45) is 17.8 Å². The van der Waals surface area contributed by atoms with E-state index in [-0.39, 0.29) is 23.9 Å². The van der Waals surface area contributed by atoms with Gasteiger partial charge in [-0.15, -0.1) is 0 Å². The lowest BCUT2D eigenvalue weighted by Gasteiger charge is -2.59. The molecule has 4 saturated carbocycles. The van der Waals surface area contributed by atoms with Crippen molar-refractivity contribution in [2.75, 3.05) is 25.0 Å². The van der Waals surface area contributed by atoms with Crippen molar-refractivity contribution in [1.29, 1.82) is 0 Å². The number of rotatable bonds is 4. The van der Waals surface area contributed by atoms with Crippen LogP contribution < -0.4 is 10.2 Å². The molecule has 4 aliphatic carbocycles. The first kappa shape index (κ1) is 19.9. The van der Waals surface area contributed by atoms with Gasteiger partial charge in [0.1, 0.15) is 0 Å². The lowest BCUT2D eigenvalue weighted by molar-refractivity contribution is -0.152. The Hall–Kier alpha value is -2.08. The average molecular weight is 412 g/mol. The molecule has 6 rings (SSSR count). The summed E-state index contributed by atoms with van der Waals surface area (Å²) in [6.07, 6.45) is 5.93. The van der Waals surface area contributed by atoms with Gasteiger partial charge in [-0.3, -0.25) is 9.59 Å². The Bertz CT molecular complexity index is 823. The molecular formula is C24H33N3O3. The molecule has 0 aromatic heterocycles. The van der Waals surface area contributed by atoms with Gasteiger partial charge in [0.05, 0.1) is 5.60 Å². The third-order valence-corrected chi connectivity index (χ3v) is 8.03. The summed E-state index contributed by atoms with van der Waals surface area (Å²) in [5.41, 5.74) is 1.36. The lowest BCUT2D eigenvalue weighted by Crippen LogP contribution is -2.61. The zero-order chi connectivity index (χ0) is 21.0. The summed E-state index contributed by atoms with van der Waals surface area (Å²) in [4.78, 5) is 28.8. The molecule has 5 aliphatic rings. The number of nitrogens with zero attached hydrogens (tertiary/aromatic N) is 2. The van der Waals surface area contributed by atoms with Gasteiger partial charge < -0.3 is 20.2 Å². The Balaban J connectivity index is 1.25. The molecule has 6 nitrogen and oxygen atoms in total. The summed E-state index contributed by atoms with van der Waals surface area (Å²) in [7, 11) is 1.95. The fourth-order valence-corrected chi connectivity index (χ4v) is 7.14.